The average molecular weight is 249 g/mol. The number of rotatable bonds is 7. The van der Waals surface area contributed by atoms with Crippen LogP contribution in [0, 0.1) is 6.92 Å². The molecule has 0 aliphatic heterocycles. The fourth-order valence-electron chi connectivity index (χ4n) is 2.23. The maximum atomic E-state index is 11.1. The van der Waals surface area contributed by atoms with E-state index in [2.05, 4.69) is 19.2 Å². The second-order valence-corrected chi connectivity index (χ2v) is 4.70. The molecule has 100 valence electrons. The Bertz CT molecular complexity index is 395. The van der Waals surface area contributed by atoms with Crippen LogP contribution in [0.2, 0.25) is 0 Å². The molecule has 0 unspecified atom stereocenters. The van der Waals surface area contributed by atoms with E-state index < -0.39 is 5.97 Å². The van der Waals surface area contributed by atoms with Crippen LogP contribution in [0.15, 0.2) is 18.2 Å². The topological polar surface area (TPSA) is 49.3 Å². The molecule has 0 heterocycles. The van der Waals surface area contributed by atoms with E-state index in [-0.39, 0.29) is 0 Å². The van der Waals surface area contributed by atoms with Crippen LogP contribution >= 0.6 is 0 Å². The van der Waals surface area contributed by atoms with Gasteiger partial charge in [0.05, 0.1) is 5.56 Å². The van der Waals surface area contributed by atoms with Gasteiger partial charge >= 0.3 is 5.97 Å². The number of carbonyl (C=O) groups is 1. The molecule has 0 aliphatic carbocycles. The lowest BCUT2D eigenvalue weighted by Crippen LogP contribution is -2.20. The van der Waals surface area contributed by atoms with Gasteiger partial charge < -0.3 is 10.4 Å². The van der Waals surface area contributed by atoms with Gasteiger partial charge in [0.2, 0.25) is 0 Å². The lowest BCUT2D eigenvalue weighted by atomic mass is 10.0. The van der Waals surface area contributed by atoms with Gasteiger partial charge in [0.1, 0.15) is 0 Å². The first kappa shape index (κ1) is 14.6. The number of nitrogens with one attached hydrogen (secondary N) is 1. The maximum absolute atomic E-state index is 11.1. The summed E-state index contributed by atoms with van der Waals surface area (Å²) >= 11 is 0. The fourth-order valence-corrected chi connectivity index (χ4v) is 2.23. The quantitative estimate of drug-likeness (QED) is 0.765. The molecule has 3 heteroatoms. The summed E-state index contributed by atoms with van der Waals surface area (Å²) in [5, 5.41) is 12.6. The lowest BCUT2D eigenvalue weighted by molar-refractivity contribution is 0.0696. The molecule has 1 aromatic rings. The van der Waals surface area contributed by atoms with Gasteiger partial charge in [-0.3, -0.25) is 0 Å². The lowest BCUT2D eigenvalue weighted by Gasteiger charge is -2.20. The second kappa shape index (κ2) is 7.04. The molecule has 0 amide bonds. The van der Waals surface area contributed by atoms with Crippen molar-refractivity contribution in [3.63, 3.8) is 0 Å². The smallest absolute Gasteiger partial charge is 0.336 e. The molecule has 2 N–H and O–H groups in total. The van der Waals surface area contributed by atoms with Gasteiger partial charge in [-0.25, -0.2) is 4.79 Å². The summed E-state index contributed by atoms with van der Waals surface area (Å²) < 4.78 is 0. The van der Waals surface area contributed by atoms with Gasteiger partial charge in [-0.2, -0.15) is 0 Å². The highest BCUT2D eigenvalue weighted by atomic mass is 16.4. The second-order valence-electron chi connectivity index (χ2n) is 4.70. The Morgan fingerprint density at radius 1 is 1.28 bits per heavy atom. The zero-order valence-electron chi connectivity index (χ0n) is 11.5. The van der Waals surface area contributed by atoms with E-state index in [1.54, 1.807) is 12.1 Å². The maximum Gasteiger partial charge on any atom is 0.336 e. The van der Waals surface area contributed by atoms with Crippen LogP contribution in [0.1, 0.15) is 55.5 Å². The molecule has 1 rings (SSSR count). The zero-order chi connectivity index (χ0) is 13.5. The molecule has 0 aromatic heterocycles. The SMILES string of the molecule is CCCC(CCC)Nc1cccc(C(=O)O)c1C. The molecule has 0 fully saturated rings. The number of aromatic carboxylic acids is 1. The van der Waals surface area contributed by atoms with E-state index in [9.17, 15) is 4.79 Å². The minimum atomic E-state index is -0.862. The molecule has 1 aromatic carbocycles. The van der Waals surface area contributed by atoms with Gasteiger partial charge in [-0.05, 0) is 37.5 Å². The highest BCUT2D eigenvalue weighted by molar-refractivity contribution is 5.91. The summed E-state index contributed by atoms with van der Waals surface area (Å²) in [6.07, 6.45) is 4.50. The first-order valence-corrected chi connectivity index (χ1v) is 6.69. The van der Waals surface area contributed by atoms with E-state index >= 15 is 0 Å². The van der Waals surface area contributed by atoms with E-state index in [4.69, 9.17) is 5.11 Å². The van der Waals surface area contributed by atoms with Crippen LogP contribution in [-0.2, 0) is 0 Å². The predicted molar refractivity (Wildman–Crippen MR) is 75.4 cm³/mol. The normalized spacial score (nSPS) is 10.7. The van der Waals surface area contributed by atoms with Crippen molar-refractivity contribution < 1.29 is 9.90 Å². The molecule has 3 nitrogen and oxygen atoms in total. The number of anilines is 1. The molecule has 0 bridgehead atoms. The Morgan fingerprint density at radius 3 is 2.39 bits per heavy atom. The minimum absolute atomic E-state index is 0.381. The highest BCUT2D eigenvalue weighted by Crippen LogP contribution is 2.21. The Balaban J connectivity index is 2.88. The van der Waals surface area contributed by atoms with Crippen molar-refractivity contribution in [1.29, 1.82) is 0 Å². The van der Waals surface area contributed by atoms with Crippen LogP contribution in [-0.4, -0.2) is 17.1 Å². The predicted octanol–water partition coefficient (Wildman–Crippen LogP) is 4.07. The Labute approximate surface area is 109 Å². The summed E-state index contributed by atoms with van der Waals surface area (Å²) in [4.78, 5) is 11.1. The largest absolute Gasteiger partial charge is 0.478 e. The summed E-state index contributed by atoms with van der Waals surface area (Å²) in [5.41, 5.74) is 2.15. The number of benzene rings is 1. The molecule has 0 aliphatic rings. The molecule has 18 heavy (non-hydrogen) atoms. The minimum Gasteiger partial charge on any atom is -0.478 e. The third kappa shape index (κ3) is 3.76. The average Bonchev–Trinajstić information content (AvgIpc) is 2.32. The Hall–Kier alpha value is -1.51. The fraction of sp³-hybridized carbons (Fsp3) is 0.533. The number of carboxylic acid groups (broad SMARTS) is 1. The number of hydrogen-bond acceptors (Lipinski definition) is 2. The van der Waals surface area contributed by atoms with Crippen LogP contribution in [0.4, 0.5) is 5.69 Å². The van der Waals surface area contributed by atoms with Gasteiger partial charge in [0, 0.05) is 11.7 Å². The molecule has 0 radical (unpaired) electrons. The summed E-state index contributed by atoms with van der Waals surface area (Å²) in [7, 11) is 0. The van der Waals surface area contributed by atoms with Crippen molar-refractivity contribution in [2.75, 3.05) is 5.32 Å². The van der Waals surface area contributed by atoms with Gasteiger partial charge in [-0.15, -0.1) is 0 Å². The third-order valence-electron chi connectivity index (χ3n) is 3.20. The first-order chi connectivity index (χ1) is 8.60. The van der Waals surface area contributed by atoms with E-state index in [0.29, 0.717) is 11.6 Å². The van der Waals surface area contributed by atoms with Crippen molar-refractivity contribution in [3.8, 4) is 0 Å². The molecule has 0 spiro atoms. The number of carboxylic acids is 1. The summed E-state index contributed by atoms with van der Waals surface area (Å²) in [5.74, 6) is -0.862. The zero-order valence-corrected chi connectivity index (χ0v) is 11.5. The van der Waals surface area contributed by atoms with Crippen LogP contribution in [0.25, 0.3) is 0 Å². The summed E-state index contributed by atoms with van der Waals surface area (Å²) in [6.45, 7) is 6.20. The van der Waals surface area contributed by atoms with Crippen LogP contribution in [0.3, 0.4) is 0 Å². The van der Waals surface area contributed by atoms with Crippen molar-refractivity contribution in [2.24, 2.45) is 0 Å². The van der Waals surface area contributed by atoms with Crippen LogP contribution in [0.5, 0.6) is 0 Å². The first-order valence-electron chi connectivity index (χ1n) is 6.69. The molecule has 0 atom stereocenters. The number of hydrogen-bond donors (Lipinski definition) is 2. The van der Waals surface area contributed by atoms with Crippen LogP contribution < -0.4 is 5.32 Å². The van der Waals surface area contributed by atoms with Gasteiger partial charge in [-0.1, -0.05) is 32.8 Å². The molecular formula is C15H23NO2. The third-order valence-corrected chi connectivity index (χ3v) is 3.20. The van der Waals surface area contributed by atoms with Gasteiger partial charge in [0.15, 0.2) is 0 Å². The molecule has 0 saturated heterocycles. The van der Waals surface area contributed by atoms with Crippen molar-refractivity contribution in [1.82, 2.24) is 0 Å². The van der Waals surface area contributed by atoms with E-state index in [0.717, 1.165) is 36.9 Å². The standard InChI is InChI=1S/C15H23NO2/c1-4-7-12(8-5-2)16-14-10-6-9-13(11(14)3)15(17)18/h6,9-10,12,16H,4-5,7-8H2,1-3H3,(H,17,18). The van der Waals surface area contributed by atoms with Crippen molar-refractivity contribution >= 4 is 11.7 Å². The molecular weight excluding hydrogens is 226 g/mol. The van der Waals surface area contributed by atoms with E-state index in [1.807, 2.05) is 13.0 Å². The molecule has 0 saturated carbocycles. The van der Waals surface area contributed by atoms with E-state index in [1.165, 1.54) is 0 Å². The monoisotopic (exact) mass is 249 g/mol. The Morgan fingerprint density at radius 2 is 1.89 bits per heavy atom. The Kier molecular flexibility index (Phi) is 5.69. The van der Waals surface area contributed by atoms with Gasteiger partial charge in [0.25, 0.3) is 0 Å². The highest BCUT2D eigenvalue weighted by Gasteiger charge is 2.12. The van der Waals surface area contributed by atoms with Crippen molar-refractivity contribution in [3.05, 3.63) is 29.3 Å². The van der Waals surface area contributed by atoms with Crippen molar-refractivity contribution in [2.45, 2.75) is 52.5 Å². The summed E-state index contributed by atoms with van der Waals surface area (Å²) in [6, 6.07) is 5.84.